The monoisotopic (exact) mass is 518 g/mol. The van der Waals surface area contributed by atoms with Crippen LogP contribution < -0.4 is 4.90 Å². The van der Waals surface area contributed by atoms with Crippen LogP contribution in [0.15, 0.2) is 28.7 Å². The lowest BCUT2D eigenvalue weighted by Gasteiger charge is -2.35. The summed E-state index contributed by atoms with van der Waals surface area (Å²) in [6, 6.07) is 5.92. The lowest BCUT2D eigenvalue weighted by Crippen LogP contribution is -2.51. The van der Waals surface area contributed by atoms with Crippen LogP contribution in [0.1, 0.15) is 37.5 Å². The van der Waals surface area contributed by atoms with E-state index in [2.05, 4.69) is 9.97 Å². The fourth-order valence-electron chi connectivity index (χ4n) is 5.00. The maximum atomic E-state index is 13.2. The molecule has 37 heavy (non-hydrogen) atoms. The van der Waals surface area contributed by atoms with Crippen molar-refractivity contribution in [1.29, 1.82) is 0 Å². The van der Waals surface area contributed by atoms with Gasteiger partial charge in [-0.15, -0.1) is 0 Å². The third kappa shape index (κ3) is 4.96. The molecule has 2 saturated heterocycles. The van der Waals surface area contributed by atoms with E-state index < -0.39 is 23.4 Å². The van der Waals surface area contributed by atoms with Gasteiger partial charge in [-0.1, -0.05) is 0 Å². The van der Waals surface area contributed by atoms with Crippen molar-refractivity contribution in [2.75, 3.05) is 31.1 Å². The number of fused-ring (bicyclic) bond motifs is 2. The Labute approximate surface area is 212 Å². The second-order valence-electron chi connectivity index (χ2n) is 10.6. The van der Waals surface area contributed by atoms with Crippen molar-refractivity contribution in [2.45, 2.75) is 58.5 Å². The molecule has 0 spiro atoms. The van der Waals surface area contributed by atoms with Gasteiger partial charge in [0, 0.05) is 18.7 Å². The lowest BCUT2D eigenvalue weighted by atomic mass is 9.96. The van der Waals surface area contributed by atoms with Gasteiger partial charge < -0.3 is 23.7 Å². The number of oxazole rings is 1. The first-order chi connectivity index (χ1) is 17.3. The summed E-state index contributed by atoms with van der Waals surface area (Å²) in [6.07, 6.45) is -5.02. The zero-order valence-corrected chi connectivity index (χ0v) is 21.3. The minimum Gasteiger partial charge on any atom is -0.444 e. The van der Waals surface area contributed by atoms with E-state index in [0.29, 0.717) is 65.9 Å². The van der Waals surface area contributed by atoms with Crippen molar-refractivity contribution >= 4 is 23.3 Å². The predicted molar refractivity (Wildman–Crippen MR) is 130 cm³/mol. The number of halogens is 3. The number of pyridine rings is 1. The number of anilines is 1. The van der Waals surface area contributed by atoms with Crippen molar-refractivity contribution in [2.24, 2.45) is 0 Å². The van der Waals surface area contributed by atoms with Crippen molar-refractivity contribution in [3.05, 3.63) is 41.0 Å². The Morgan fingerprint density at radius 3 is 2.43 bits per heavy atom. The molecule has 0 bridgehead atoms. The first kappa shape index (κ1) is 25.3. The van der Waals surface area contributed by atoms with Gasteiger partial charge in [-0.3, -0.25) is 0 Å². The van der Waals surface area contributed by atoms with Gasteiger partial charge in [-0.2, -0.15) is 18.2 Å². The number of rotatable bonds is 2. The maximum absolute atomic E-state index is 13.2. The van der Waals surface area contributed by atoms with Crippen LogP contribution in [0.3, 0.4) is 0 Å². The number of morpholine rings is 1. The molecule has 198 valence electrons. The molecule has 2 atom stereocenters. The number of amides is 1. The van der Waals surface area contributed by atoms with E-state index in [9.17, 15) is 18.0 Å². The molecule has 0 aliphatic carbocycles. The van der Waals surface area contributed by atoms with Crippen molar-refractivity contribution in [3.63, 3.8) is 0 Å². The SMILES string of the molecule is Cc1cc(C(F)(F)F)cc(C)c1-c1ccc2oc(N3CCO[C@H]4CN(C(=O)OC(C)(C)C)C[C@@H]43)nc2n1. The van der Waals surface area contributed by atoms with Gasteiger partial charge in [0.25, 0.3) is 6.01 Å². The van der Waals surface area contributed by atoms with E-state index in [0.717, 1.165) is 12.1 Å². The van der Waals surface area contributed by atoms with Crippen molar-refractivity contribution < 1.29 is 31.9 Å². The number of nitrogens with zero attached hydrogens (tertiary/aromatic N) is 4. The number of carbonyl (C=O) groups excluding carboxylic acids is 1. The zero-order chi connectivity index (χ0) is 26.7. The van der Waals surface area contributed by atoms with E-state index in [1.165, 1.54) is 0 Å². The number of aryl methyl sites for hydroxylation is 2. The number of ether oxygens (including phenoxy) is 2. The molecule has 0 saturated carbocycles. The number of carbonyl (C=O) groups is 1. The van der Waals surface area contributed by atoms with Gasteiger partial charge in [-0.25, -0.2) is 9.78 Å². The predicted octanol–water partition coefficient (Wildman–Crippen LogP) is 5.35. The van der Waals surface area contributed by atoms with Crippen LogP contribution in [0.5, 0.6) is 0 Å². The molecule has 4 heterocycles. The molecule has 2 aliphatic heterocycles. The molecule has 1 amide bonds. The average Bonchev–Trinajstić information content (AvgIpc) is 3.40. The Morgan fingerprint density at radius 1 is 1.08 bits per heavy atom. The molecule has 2 fully saturated rings. The molecule has 0 unspecified atom stereocenters. The molecular weight excluding hydrogens is 489 g/mol. The molecule has 2 aromatic heterocycles. The summed E-state index contributed by atoms with van der Waals surface area (Å²) in [7, 11) is 0. The van der Waals surface area contributed by atoms with Gasteiger partial charge in [-0.05, 0) is 70.0 Å². The lowest BCUT2D eigenvalue weighted by molar-refractivity contribution is -0.137. The summed E-state index contributed by atoms with van der Waals surface area (Å²) < 4.78 is 57.1. The van der Waals surface area contributed by atoms with Gasteiger partial charge in [0.2, 0.25) is 5.65 Å². The van der Waals surface area contributed by atoms with E-state index in [-0.39, 0.29) is 12.1 Å². The standard InChI is InChI=1S/C26H29F3N4O4/c1-14-10-16(26(27,28)29)11-15(2)21(14)17-6-7-19-22(30-17)31-23(36-19)33-8-9-35-20-13-32(12-18(20)33)24(34)37-25(3,4)5/h6-7,10-11,18,20H,8-9,12-13H2,1-5H3/t18-,20-/m0/s1. The molecular formula is C26H29F3N4O4. The van der Waals surface area contributed by atoms with Gasteiger partial charge >= 0.3 is 12.3 Å². The first-order valence-corrected chi connectivity index (χ1v) is 12.1. The van der Waals surface area contributed by atoms with Crippen LogP contribution in [0.4, 0.5) is 24.0 Å². The zero-order valence-electron chi connectivity index (χ0n) is 21.3. The van der Waals surface area contributed by atoms with Crippen LogP contribution in [0, 0.1) is 13.8 Å². The molecule has 2 aliphatic rings. The summed E-state index contributed by atoms with van der Waals surface area (Å²) in [5.74, 6) is 0. The minimum atomic E-state index is -4.41. The topological polar surface area (TPSA) is 80.9 Å². The Morgan fingerprint density at radius 2 is 1.78 bits per heavy atom. The third-order valence-corrected chi connectivity index (χ3v) is 6.56. The summed E-state index contributed by atoms with van der Waals surface area (Å²) in [4.78, 5) is 25.4. The van der Waals surface area contributed by atoms with E-state index in [4.69, 9.17) is 13.9 Å². The van der Waals surface area contributed by atoms with Crippen LogP contribution in [0.25, 0.3) is 22.5 Å². The fourth-order valence-corrected chi connectivity index (χ4v) is 5.00. The number of aromatic nitrogens is 2. The summed E-state index contributed by atoms with van der Waals surface area (Å²) >= 11 is 0. The highest BCUT2D eigenvalue weighted by Gasteiger charge is 2.44. The highest BCUT2D eigenvalue weighted by Crippen LogP contribution is 2.36. The normalized spacial score (nSPS) is 20.4. The summed E-state index contributed by atoms with van der Waals surface area (Å²) in [5, 5.41) is 0. The average molecular weight is 519 g/mol. The van der Waals surface area contributed by atoms with E-state index in [1.54, 1.807) is 30.9 Å². The van der Waals surface area contributed by atoms with Crippen molar-refractivity contribution in [1.82, 2.24) is 14.9 Å². The first-order valence-electron chi connectivity index (χ1n) is 12.1. The second kappa shape index (κ2) is 8.90. The highest BCUT2D eigenvalue weighted by molar-refractivity contribution is 5.77. The third-order valence-electron chi connectivity index (χ3n) is 6.56. The Bertz CT molecular complexity index is 1320. The van der Waals surface area contributed by atoms with Crippen molar-refractivity contribution in [3.8, 4) is 11.3 Å². The molecule has 0 radical (unpaired) electrons. The van der Waals surface area contributed by atoms with Gasteiger partial charge in [0.05, 0.1) is 36.6 Å². The van der Waals surface area contributed by atoms with Gasteiger partial charge in [0.1, 0.15) is 5.60 Å². The Balaban J connectivity index is 1.42. The largest absolute Gasteiger partial charge is 0.444 e. The van der Waals surface area contributed by atoms with E-state index >= 15 is 0 Å². The highest BCUT2D eigenvalue weighted by atomic mass is 19.4. The quantitative estimate of drug-likeness (QED) is 0.452. The van der Waals surface area contributed by atoms with Crippen LogP contribution in [-0.4, -0.2) is 64.9 Å². The minimum absolute atomic E-state index is 0.159. The molecule has 0 N–H and O–H groups in total. The molecule has 1 aromatic carbocycles. The number of benzene rings is 1. The number of hydrogen-bond acceptors (Lipinski definition) is 7. The van der Waals surface area contributed by atoms with Crippen LogP contribution in [-0.2, 0) is 15.7 Å². The fraction of sp³-hybridized carbons (Fsp3) is 0.500. The number of alkyl halides is 3. The second-order valence-corrected chi connectivity index (χ2v) is 10.6. The van der Waals surface area contributed by atoms with Crippen LogP contribution in [0.2, 0.25) is 0 Å². The molecule has 8 nitrogen and oxygen atoms in total. The molecule has 3 aromatic rings. The number of hydrogen-bond donors (Lipinski definition) is 0. The van der Waals surface area contributed by atoms with Gasteiger partial charge in [0.15, 0.2) is 5.58 Å². The maximum Gasteiger partial charge on any atom is 0.416 e. The summed E-state index contributed by atoms with van der Waals surface area (Å²) in [5.41, 5.74) is 1.65. The smallest absolute Gasteiger partial charge is 0.416 e. The van der Waals surface area contributed by atoms with Crippen LogP contribution >= 0.6 is 0 Å². The Hall–Kier alpha value is -3.34. The van der Waals surface area contributed by atoms with E-state index in [1.807, 2.05) is 25.7 Å². The summed E-state index contributed by atoms with van der Waals surface area (Å²) in [6.45, 7) is 10.5. The molecule has 5 rings (SSSR count). The number of likely N-dealkylation sites (tertiary alicyclic amines) is 1. The molecule has 11 heteroatoms. The Kier molecular flexibility index (Phi) is 6.09.